The van der Waals surface area contributed by atoms with Gasteiger partial charge in [0.1, 0.15) is 0 Å². The summed E-state index contributed by atoms with van der Waals surface area (Å²) in [6, 6.07) is 3.39. The van der Waals surface area contributed by atoms with Crippen LogP contribution in [0.15, 0.2) is 29.7 Å². The molecule has 0 bridgehead atoms. The Hall–Kier alpha value is -2.74. The first-order chi connectivity index (χ1) is 14.4. The zero-order chi connectivity index (χ0) is 22.3. The number of esters is 1. The molecule has 1 aromatic rings. The Balaban J connectivity index is 2.44. The molecule has 1 aromatic carbocycles. The Morgan fingerprint density at radius 1 is 1.27 bits per heavy atom. The Labute approximate surface area is 181 Å². The molecule has 1 atom stereocenters. The summed E-state index contributed by atoms with van der Waals surface area (Å²) in [7, 11) is 1.29. The topological polar surface area (TPSA) is 82.1 Å². The van der Waals surface area contributed by atoms with E-state index >= 15 is 0 Å². The fourth-order valence-electron chi connectivity index (χ4n) is 2.88. The van der Waals surface area contributed by atoms with Crippen LogP contribution in [0, 0.1) is 0 Å². The lowest BCUT2D eigenvalue weighted by Crippen LogP contribution is -2.36. The molecular formula is C22H27NO6S. The second kappa shape index (κ2) is 10.9. The Morgan fingerprint density at radius 3 is 2.60 bits per heavy atom. The van der Waals surface area contributed by atoms with Crippen LogP contribution in [-0.2, 0) is 20.7 Å². The van der Waals surface area contributed by atoms with Gasteiger partial charge in [-0.25, -0.2) is 4.79 Å². The van der Waals surface area contributed by atoms with Crippen LogP contribution in [0.4, 0.5) is 4.79 Å². The number of ether oxygens (including phenoxy) is 3. The molecule has 0 unspecified atom stereocenters. The predicted molar refractivity (Wildman–Crippen MR) is 117 cm³/mol. The molecule has 1 fully saturated rings. The summed E-state index contributed by atoms with van der Waals surface area (Å²) < 4.78 is 16.0. The van der Waals surface area contributed by atoms with Crippen LogP contribution in [0.2, 0.25) is 0 Å². The van der Waals surface area contributed by atoms with E-state index in [1.807, 2.05) is 26.8 Å². The van der Waals surface area contributed by atoms with Gasteiger partial charge in [0.2, 0.25) is 0 Å². The number of allylic oxidation sites excluding steroid dienone is 1. The van der Waals surface area contributed by atoms with Crippen LogP contribution >= 0.6 is 11.8 Å². The largest absolute Gasteiger partial charge is 0.490 e. The zero-order valence-corrected chi connectivity index (χ0v) is 18.5. The molecule has 0 N–H and O–H groups in total. The molecular weight excluding hydrogens is 406 g/mol. The molecule has 8 heteroatoms. The van der Waals surface area contributed by atoms with E-state index in [9.17, 15) is 14.4 Å². The summed E-state index contributed by atoms with van der Waals surface area (Å²) in [5.41, 5.74) is 1.43. The van der Waals surface area contributed by atoms with E-state index in [1.54, 1.807) is 18.2 Å². The van der Waals surface area contributed by atoms with Gasteiger partial charge in [0.05, 0.1) is 18.6 Å². The van der Waals surface area contributed by atoms with Gasteiger partial charge in [-0.3, -0.25) is 14.5 Å². The first-order valence-electron chi connectivity index (χ1n) is 9.73. The number of rotatable bonds is 10. The van der Waals surface area contributed by atoms with Crippen molar-refractivity contribution in [3.63, 3.8) is 0 Å². The highest BCUT2D eigenvalue weighted by Gasteiger charge is 2.37. The average Bonchev–Trinajstić information content (AvgIpc) is 3.00. The van der Waals surface area contributed by atoms with Gasteiger partial charge in [0.25, 0.3) is 11.1 Å². The fourth-order valence-corrected chi connectivity index (χ4v) is 3.81. The quantitative estimate of drug-likeness (QED) is 0.311. The summed E-state index contributed by atoms with van der Waals surface area (Å²) in [6.45, 7) is 9.51. The number of hydrogen-bond acceptors (Lipinski definition) is 7. The van der Waals surface area contributed by atoms with E-state index in [0.29, 0.717) is 41.4 Å². The highest BCUT2D eigenvalue weighted by molar-refractivity contribution is 8.18. The third-order valence-corrected chi connectivity index (χ3v) is 5.42. The van der Waals surface area contributed by atoms with Crippen molar-refractivity contribution >= 4 is 35.0 Å². The molecule has 30 heavy (non-hydrogen) atoms. The summed E-state index contributed by atoms with van der Waals surface area (Å²) in [6.07, 6.45) is 4.53. The number of carbonyl (C=O) groups is 3. The van der Waals surface area contributed by atoms with E-state index in [0.717, 1.165) is 17.3 Å². The van der Waals surface area contributed by atoms with Crippen LogP contribution < -0.4 is 9.47 Å². The standard InChI is InChI=1S/C22H27NO6S/c1-6-9-16-10-15(11-17(28-8-3)20(16)29-13-19(24)27-5)12-18-21(25)23(14(4)7-2)22(26)30-18/h6,10-12,14H,1,7-9,13H2,2-5H3/b18-12+/t14-/m1/s1. The second-order valence-electron chi connectivity index (χ2n) is 6.61. The number of carbonyl (C=O) groups excluding carboxylic acids is 3. The minimum atomic E-state index is -0.509. The minimum absolute atomic E-state index is 0.159. The SMILES string of the molecule is C=CCc1cc(/C=C2/SC(=O)N([C@H](C)CC)C2=O)cc(OCC)c1OCC(=O)OC. The number of methoxy groups -OCH3 is 1. The molecule has 2 rings (SSSR count). The molecule has 2 amide bonds. The van der Waals surface area contributed by atoms with Gasteiger partial charge in [0, 0.05) is 11.6 Å². The highest BCUT2D eigenvalue weighted by atomic mass is 32.2. The molecule has 1 aliphatic heterocycles. The normalized spacial score (nSPS) is 16.0. The van der Waals surface area contributed by atoms with Crippen LogP contribution in [0.3, 0.4) is 0 Å². The van der Waals surface area contributed by atoms with Gasteiger partial charge in [-0.15, -0.1) is 6.58 Å². The van der Waals surface area contributed by atoms with Crippen molar-refractivity contribution in [3.05, 3.63) is 40.8 Å². The lowest BCUT2D eigenvalue weighted by atomic mass is 10.0. The van der Waals surface area contributed by atoms with Crippen molar-refractivity contribution in [2.75, 3.05) is 20.3 Å². The lowest BCUT2D eigenvalue weighted by molar-refractivity contribution is -0.143. The molecule has 0 aromatic heterocycles. The molecule has 0 saturated carbocycles. The van der Waals surface area contributed by atoms with E-state index < -0.39 is 5.97 Å². The Kier molecular flexibility index (Phi) is 8.53. The van der Waals surface area contributed by atoms with E-state index in [2.05, 4.69) is 11.3 Å². The summed E-state index contributed by atoms with van der Waals surface area (Å²) in [4.78, 5) is 38.1. The van der Waals surface area contributed by atoms with Crippen LogP contribution in [0.25, 0.3) is 6.08 Å². The van der Waals surface area contributed by atoms with Crippen molar-refractivity contribution in [2.45, 2.75) is 39.7 Å². The predicted octanol–water partition coefficient (Wildman–Crippen LogP) is 4.20. The fraction of sp³-hybridized carbons (Fsp3) is 0.409. The maximum atomic E-state index is 12.7. The van der Waals surface area contributed by atoms with Crippen LogP contribution in [-0.4, -0.2) is 48.4 Å². The van der Waals surface area contributed by atoms with Crippen molar-refractivity contribution in [2.24, 2.45) is 0 Å². The lowest BCUT2D eigenvalue weighted by Gasteiger charge is -2.19. The molecule has 0 radical (unpaired) electrons. The van der Waals surface area contributed by atoms with Gasteiger partial charge < -0.3 is 14.2 Å². The van der Waals surface area contributed by atoms with Crippen LogP contribution in [0.1, 0.15) is 38.3 Å². The number of thioether (sulfide) groups is 1. The summed E-state index contributed by atoms with van der Waals surface area (Å²) in [5.74, 6) is 0.0542. The Morgan fingerprint density at radius 2 is 2.00 bits per heavy atom. The first-order valence-corrected chi connectivity index (χ1v) is 10.5. The molecule has 1 heterocycles. The minimum Gasteiger partial charge on any atom is -0.490 e. The first kappa shape index (κ1) is 23.5. The van der Waals surface area contributed by atoms with Crippen LogP contribution in [0.5, 0.6) is 11.5 Å². The number of imide groups is 1. The highest BCUT2D eigenvalue weighted by Crippen LogP contribution is 2.38. The maximum absolute atomic E-state index is 12.7. The second-order valence-corrected chi connectivity index (χ2v) is 7.60. The summed E-state index contributed by atoms with van der Waals surface area (Å²) >= 11 is 0.925. The monoisotopic (exact) mass is 433 g/mol. The van der Waals surface area contributed by atoms with E-state index in [1.165, 1.54) is 12.0 Å². The third-order valence-electron chi connectivity index (χ3n) is 4.53. The molecule has 162 valence electrons. The number of nitrogens with zero attached hydrogens (tertiary/aromatic N) is 1. The Bertz CT molecular complexity index is 863. The van der Waals surface area contributed by atoms with Gasteiger partial charge in [-0.2, -0.15) is 0 Å². The van der Waals surface area contributed by atoms with Gasteiger partial charge >= 0.3 is 5.97 Å². The molecule has 0 aliphatic carbocycles. The summed E-state index contributed by atoms with van der Waals surface area (Å²) in [5, 5.41) is -0.269. The molecule has 1 saturated heterocycles. The number of hydrogen-bond donors (Lipinski definition) is 0. The molecule has 1 aliphatic rings. The smallest absolute Gasteiger partial charge is 0.343 e. The van der Waals surface area contributed by atoms with Gasteiger partial charge in [-0.1, -0.05) is 13.0 Å². The van der Waals surface area contributed by atoms with Crippen molar-refractivity contribution in [1.29, 1.82) is 0 Å². The van der Waals surface area contributed by atoms with Crippen molar-refractivity contribution in [3.8, 4) is 11.5 Å². The van der Waals surface area contributed by atoms with Gasteiger partial charge in [-0.05, 0) is 62.2 Å². The molecule has 0 spiro atoms. The third kappa shape index (κ3) is 5.44. The zero-order valence-electron chi connectivity index (χ0n) is 17.7. The van der Waals surface area contributed by atoms with Crippen molar-refractivity contribution in [1.82, 2.24) is 4.90 Å². The number of amides is 2. The maximum Gasteiger partial charge on any atom is 0.343 e. The van der Waals surface area contributed by atoms with Gasteiger partial charge in [0.15, 0.2) is 18.1 Å². The average molecular weight is 434 g/mol. The number of benzene rings is 1. The molecule has 7 nitrogen and oxygen atoms in total. The van der Waals surface area contributed by atoms with E-state index in [4.69, 9.17) is 9.47 Å². The van der Waals surface area contributed by atoms with Crippen molar-refractivity contribution < 1.29 is 28.6 Å². The van der Waals surface area contributed by atoms with E-state index in [-0.39, 0.29) is 23.8 Å².